The van der Waals surface area contributed by atoms with Crippen molar-refractivity contribution in [1.29, 1.82) is 0 Å². The molecule has 0 spiro atoms. The van der Waals surface area contributed by atoms with E-state index in [0.717, 1.165) is 25.0 Å². The normalized spacial score (nSPS) is 22.1. The molecule has 104 valence electrons. The molecule has 3 unspecified atom stereocenters. The van der Waals surface area contributed by atoms with Crippen molar-refractivity contribution in [3.8, 4) is 0 Å². The number of nitro benzene ring substituents is 1. The van der Waals surface area contributed by atoms with E-state index >= 15 is 0 Å². The molecular formula is C14H20N2O3. The largest absolute Gasteiger partial charge is 0.377 e. The van der Waals surface area contributed by atoms with Crippen LogP contribution in [0.2, 0.25) is 0 Å². The highest BCUT2D eigenvalue weighted by molar-refractivity contribution is 5.41. The summed E-state index contributed by atoms with van der Waals surface area (Å²) in [5.74, 6) is 0. The average Bonchev–Trinajstić information content (AvgIpc) is 2.92. The molecular weight excluding hydrogens is 244 g/mol. The Morgan fingerprint density at radius 2 is 2.16 bits per heavy atom. The predicted molar refractivity (Wildman–Crippen MR) is 73.1 cm³/mol. The van der Waals surface area contributed by atoms with Gasteiger partial charge in [0.2, 0.25) is 0 Å². The van der Waals surface area contributed by atoms with Crippen LogP contribution in [0.3, 0.4) is 0 Å². The third-order valence-corrected chi connectivity index (χ3v) is 3.64. The summed E-state index contributed by atoms with van der Waals surface area (Å²) < 4.78 is 5.63. The van der Waals surface area contributed by atoms with Gasteiger partial charge < -0.3 is 10.1 Å². The van der Waals surface area contributed by atoms with Crippen LogP contribution in [0.15, 0.2) is 24.3 Å². The number of benzene rings is 1. The van der Waals surface area contributed by atoms with Crippen LogP contribution in [-0.4, -0.2) is 23.7 Å². The summed E-state index contributed by atoms with van der Waals surface area (Å²) in [7, 11) is 0. The number of nitro groups is 1. The molecule has 1 heterocycles. The Kier molecular flexibility index (Phi) is 4.50. The minimum Gasteiger partial charge on any atom is -0.377 e. The molecule has 0 amide bonds. The van der Waals surface area contributed by atoms with Gasteiger partial charge in [0, 0.05) is 30.3 Å². The minimum absolute atomic E-state index is 0.0687. The van der Waals surface area contributed by atoms with Gasteiger partial charge in [-0.2, -0.15) is 0 Å². The smallest absolute Gasteiger partial charge is 0.274 e. The fourth-order valence-corrected chi connectivity index (χ4v) is 2.61. The van der Waals surface area contributed by atoms with Crippen LogP contribution in [-0.2, 0) is 4.74 Å². The first kappa shape index (κ1) is 14.0. The van der Waals surface area contributed by atoms with Crippen molar-refractivity contribution in [2.75, 3.05) is 6.61 Å². The van der Waals surface area contributed by atoms with Crippen LogP contribution < -0.4 is 5.32 Å². The van der Waals surface area contributed by atoms with Crippen molar-refractivity contribution in [3.05, 3.63) is 39.9 Å². The van der Waals surface area contributed by atoms with E-state index in [1.165, 1.54) is 0 Å². The van der Waals surface area contributed by atoms with Crippen LogP contribution in [0.25, 0.3) is 0 Å². The van der Waals surface area contributed by atoms with Crippen LogP contribution in [0, 0.1) is 10.1 Å². The van der Waals surface area contributed by atoms with Gasteiger partial charge in [0.1, 0.15) is 0 Å². The minimum atomic E-state index is -0.329. The van der Waals surface area contributed by atoms with E-state index < -0.39 is 0 Å². The molecule has 19 heavy (non-hydrogen) atoms. The quantitative estimate of drug-likeness (QED) is 0.656. The third-order valence-electron chi connectivity index (χ3n) is 3.64. The highest BCUT2D eigenvalue weighted by Gasteiger charge is 2.25. The monoisotopic (exact) mass is 264 g/mol. The van der Waals surface area contributed by atoms with Gasteiger partial charge in [0.15, 0.2) is 0 Å². The third kappa shape index (κ3) is 3.30. The maximum absolute atomic E-state index is 11.0. The van der Waals surface area contributed by atoms with E-state index in [2.05, 4.69) is 12.2 Å². The lowest BCUT2D eigenvalue weighted by molar-refractivity contribution is -0.385. The molecule has 1 aliphatic heterocycles. The Labute approximate surface area is 113 Å². The molecule has 1 fully saturated rings. The second-order valence-corrected chi connectivity index (χ2v) is 5.04. The van der Waals surface area contributed by atoms with Crippen molar-refractivity contribution in [2.24, 2.45) is 0 Å². The first-order valence-corrected chi connectivity index (χ1v) is 6.70. The summed E-state index contributed by atoms with van der Waals surface area (Å²) in [6, 6.07) is 7.00. The number of hydrogen-bond donors (Lipinski definition) is 1. The first-order chi connectivity index (χ1) is 9.09. The maximum atomic E-state index is 11.0. The first-order valence-electron chi connectivity index (χ1n) is 6.70. The molecule has 2 rings (SSSR count). The molecule has 1 aromatic rings. The van der Waals surface area contributed by atoms with Crippen LogP contribution in [0.4, 0.5) is 5.69 Å². The molecule has 1 aliphatic rings. The molecule has 0 bridgehead atoms. The van der Waals surface area contributed by atoms with E-state index in [1.54, 1.807) is 18.2 Å². The van der Waals surface area contributed by atoms with E-state index in [0.29, 0.717) is 0 Å². The summed E-state index contributed by atoms with van der Waals surface area (Å²) in [5.41, 5.74) is 0.888. The van der Waals surface area contributed by atoms with Crippen molar-refractivity contribution in [3.63, 3.8) is 0 Å². The highest BCUT2D eigenvalue weighted by atomic mass is 16.6. The molecule has 1 aromatic carbocycles. The molecule has 0 aliphatic carbocycles. The summed E-state index contributed by atoms with van der Waals surface area (Å²) in [5, 5.41) is 14.4. The van der Waals surface area contributed by atoms with Crippen molar-refractivity contribution in [1.82, 2.24) is 5.32 Å². The Morgan fingerprint density at radius 3 is 2.79 bits per heavy atom. The Balaban J connectivity index is 2.06. The van der Waals surface area contributed by atoms with Gasteiger partial charge in [-0.15, -0.1) is 0 Å². The van der Waals surface area contributed by atoms with E-state index in [1.807, 2.05) is 13.0 Å². The SMILES string of the molecule is CC(NC(C)C1CCCO1)c1ccccc1[N+](=O)[O-]. The number of hydrogen-bond acceptors (Lipinski definition) is 4. The number of ether oxygens (including phenoxy) is 1. The van der Waals surface area contributed by atoms with Gasteiger partial charge >= 0.3 is 0 Å². The molecule has 5 nitrogen and oxygen atoms in total. The molecule has 1 saturated heterocycles. The second-order valence-electron chi connectivity index (χ2n) is 5.04. The topological polar surface area (TPSA) is 64.4 Å². The zero-order valence-electron chi connectivity index (χ0n) is 11.3. The lowest BCUT2D eigenvalue weighted by Gasteiger charge is -2.24. The van der Waals surface area contributed by atoms with E-state index in [-0.39, 0.29) is 28.8 Å². The van der Waals surface area contributed by atoms with Gasteiger partial charge in [-0.3, -0.25) is 10.1 Å². The number of nitrogens with one attached hydrogen (secondary N) is 1. The molecule has 0 aromatic heterocycles. The van der Waals surface area contributed by atoms with Gasteiger partial charge in [-0.25, -0.2) is 0 Å². The fourth-order valence-electron chi connectivity index (χ4n) is 2.61. The number of para-hydroxylation sites is 1. The summed E-state index contributed by atoms with van der Waals surface area (Å²) in [6.07, 6.45) is 2.36. The zero-order chi connectivity index (χ0) is 13.8. The summed E-state index contributed by atoms with van der Waals surface area (Å²) in [6.45, 7) is 4.84. The molecule has 1 N–H and O–H groups in total. The van der Waals surface area contributed by atoms with Crippen LogP contribution in [0.5, 0.6) is 0 Å². The summed E-state index contributed by atoms with van der Waals surface area (Å²) >= 11 is 0. The van der Waals surface area contributed by atoms with Crippen LogP contribution >= 0.6 is 0 Å². The Bertz CT molecular complexity index is 444. The van der Waals surface area contributed by atoms with Crippen molar-refractivity contribution in [2.45, 2.75) is 44.9 Å². The Hall–Kier alpha value is -1.46. The van der Waals surface area contributed by atoms with Crippen molar-refractivity contribution >= 4 is 5.69 Å². The van der Waals surface area contributed by atoms with Gasteiger partial charge in [-0.1, -0.05) is 18.2 Å². The summed E-state index contributed by atoms with van der Waals surface area (Å²) in [4.78, 5) is 10.7. The zero-order valence-corrected chi connectivity index (χ0v) is 11.3. The molecule has 3 atom stereocenters. The van der Waals surface area contributed by atoms with Crippen molar-refractivity contribution < 1.29 is 9.66 Å². The molecule has 5 heteroatoms. The molecule has 0 saturated carbocycles. The second kappa shape index (κ2) is 6.12. The van der Waals surface area contributed by atoms with E-state index in [9.17, 15) is 10.1 Å². The van der Waals surface area contributed by atoms with Gasteiger partial charge in [-0.05, 0) is 26.7 Å². The lowest BCUT2D eigenvalue weighted by Crippen LogP contribution is -2.38. The predicted octanol–water partition coefficient (Wildman–Crippen LogP) is 2.81. The number of rotatable bonds is 5. The van der Waals surface area contributed by atoms with E-state index in [4.69, 9.17) is 4.74 Å². The highest BCUT2D eigenvalue weighted by Crippen LogP contribution is 2.26. The van der Waals surface area contributed by atoms with Gasteiger partial charge in [0.25, 0.3) is 5.69 Å². The Morgan fingerprint density at radius 1 is 1.42 bits per heavy atom. The average molecular weight is 264 g/mol. The van der Waals surface area contributed by atoms with Crippen LogP contribution in [0.1, 0.15) is 38.3 Å². The fraction of sp³-hybridized carbons (Fsp3) is 0.571. The maximum Gasteiger partial charge on any atom is 0.274 e. The molecule has 0 radical (unpaired) electrons. The number of nitrogens with zero attached hydrogens (tertiary/aromatic N) is 1. The lowest BCUT2D eigenvalue weighted by atomic mass is 10.0. The van der Waals surface area contributed by atoms with Gasteiger partial charge in [0.05, 0.1) is 11.0 Å². The standard InChI is InChI=1S/C14H20N2O3/c1-10(15-11(2)14-8-5-9-19-14)12-6-3-4-7-13(12)16(17)18/h3-4,6-7,10-11,14-15H,5,8-9H2,1-2H3.